The molecule has 0 N–H and O–H groups in total. The largest absolute Gasteiger partial charge is 0.339 e. The van der Waals surface area contributed by atoms with Gasteiger partial charge in [0.2, 0.25) is 11.8 Å². The standard InChI is InChI=1S/C24H38N4O3/c29-22-8-4-7-21-20-13-19(16-28(21)22)15-27(17-20)24(31)26-11-9-25(10-12-26)23(30)14-18-5-2-1-3-6-18/h18-21H,1-17H2/t19?,20?,21-/m1/s1. The Bertz CT molecular complexity index is 699. The predicted octanol–water partition coefficient (Wildman–Crippen LogP) is 2.55. The predicted molar refractivity (Wildman–Crippen MR) is 117 cm³/mol. The van der Waals surface area contributed by atoms with Gasteiger partial charge in [-0.05, 0) is 49.9 Å². The van der Waals surface area contributed by atoms with Crippen molar-refractivity contribution in [1.82, 2.24) is 19.6 Å². The molecule has 1 aliphatic carbocycles. The van der Waals surface area contributed by atoms with Crippen LogP contribution in [0.5, 0.6) is 0 Å². The highest BCUT2D eigenvalue weighted by Crippen LogP contribution is 2.38. The van der Waals surface area contributed by atoms with Crippen molar-refractivity contribution < 1.29 is 14.4 Å². The van der Waals surface area contributed by atoms with E-state index in [4.69, 9.17) is 0 Å². The lowest BCUT2D eigenvalue weighted by Gasteiger charge is -2.53. The van der Waals surface area contributed by atoms with Gasteiger partial charge in [-0.2, -0.15) is 0 Å². The van der Waals surface area contributed by atoms with Crippen LogP contribution >= 0.6 is 0 Å². The summed E-state index contributed by atoms with van der Waals surface area (Å²) in [7, 11) is 0. The highest BCUT2D eigenvalue weighted by Gasteiger charge is 2.45. The molecule has 2 bridgehead atoms. The highest BCUT2D eigenvalue weighted by molar-refractivity contribution is 5.79. The van der Waals surface area contributed by atoms with Gasteiger partial charge in [0.25, 0.3) is 0 Å². The molecule has 4 aliphatic heterocycles. The number of fused-ring (bicyclic) bond motifs is 4. The number of piperazine rings is 1. The molecule has 4 amide bonds. The van der Waals surface area contributed by atoms with E-state index in [-0.39, 0.29) is 11.9 Å². The van der Waals surface area contributed by atoms with E-state index in [1.54, 1.807) is 0 Å². The van der Waals surface area contributed by atoms with Gasteiger partial charge < -0.3 is 19.6 Å². The zero-order valence-corrected chi connectivity index (χ0v) is 18.8. The number of likely N-dealkylation sites (tertiary alicyclic amines) is 1. The Balaban J connectivity index is 1.12. The quantitative estimate of drug-likeness (QED) is 0.676. The summed E-state index contributed by atoms with van der Waals surface area (Å²) in [6.07, 6.45) is 10.9. The van der Waals surface area contributed by atoms with Crippen LogP contribution in [0.4, 0.5) is 4.79 Å². The number of carbonyl (C=O) groups is 3. The molecular formula is C24H38N4O3. The number of hydrogen-bond donors (Lipinski definition) is 0. The Morgan fingerprint density at radius 3 is 2.32 bits per heavy atom. The number of hydrogen-bond acceptors (Lipinski definition) is 3. The van der Waals surface area contributed by atoms with Gasteiger partial charge in [0.05, 0.1) is 0 Å². The summed E-state index contributed by atoms with van der Waals surface area (Å²) < 4.78 is 0. The molecule has 172 valence electrons. The number of carbonyl (C=O) groups excluding carboxylic acids is 3. The van der Waals surface area contributed by atoms with Crippen LogP contribution in [-0.4, -0.2) is 89.3 Å². The molecule has 0 radical (unpaired) electrons. The van der Waals surface area contributed by atoms with Crippen molar-refractivity contribution in [1.29, 1.82) is 0 Å². The summed E-state index contributed by atoms with van der Waals surface area (Å²) in [5.74, 6) is 2.02. The number of urea groups is 1. The van der Waals surface area contributed by atoms with E-state index < -0.39 is 0 Å². The Hall–Kier alpha value is -1.79. The summed E-state index contributed by atoms with van der Waals surface area (Å²) in [5, 5.41) is 0. The Labute approximate surface area is 186 Å². The molecule has 0 aromatic carbocycles. The minimum atomic E-state index is 0.143. The summed E-state index contributed by atoms with van der Waals surface area (Å²) in [5.41, 5.74) is 0. The molecule has 2 unspecified atom stereocenters. The van der Waals surface area contributed by atoms with E-state index in [9.17, 15) is 14.4 Å². The molecule has 5 fully saturated rings. The average molecular weight is 431 g/mol. The van der Waals surface area contributed by atoms with Crippen LogP contribution in [0.3, 0.4) is 0 Å². The van der Waals surface area contributed by atoms with Gasteiger partial charge in [0.1, 0.15) is 0 Å². The van der Waals surface area contributed by atoms with E-state index in [1.807, 2.05) is 9.80 Å². The number of nitrogens with zero attached hydrogens (tertiary/aromatic N) is 4. The fourth-order valence-electron chi connectivity index (χ4n) is 6.88. The Kier molecular flexibility index (Phi) is 6.11. The zero-order valence-electron chi connectivity index (χ0n) is 18.8. The second-order valence-corrected chi connectivity index (χ2v) is 10.6. The average Bonchev–Trinajstić information content (AvgIpc) is 2.80. The number of piperidine rings is 3. The van der Waals surface area contributed by atoms with Gasteiger partial charge in [-0.15, -0.1) is 0 Å². The minimum Gasteiger partial charge on any atom is -0.339 e. The van der Waals surface area contributed by atoms with Crippen molar-refractivity contribution in [3.05, 3.63) is 0 Å². The van der Waals surface area contributed by atoms with Crippen molar-refractivity contribution >= 4 is 17.8 Å². The molecule has 3 atom stereocenters. The molecule has 0 aromatic rings. The SMILES string of the molecule is O=C(CC1CCCCC1)N1CCN(C(=O)N2CC3CC(C2)[C@H]2CCCC(=O)N2C3)CC1. The molecule has 1 saturated carbocycles. The molecule has 5 aliphatic rings. The lowest BCUT2D eigenvalue weighted by Crippen LogP contribution is -2.63. The van der Waals surface area contributed by atoms with Crippen LogP contribution in [-0.2, 0) is 9.59 Å². The topological polar surface area (TPSA) is 64.2 Å². The van der Waals surface area contributed by atoms with Crippen molar-refractivity contribution in [2.75, 3.05) is 45.8 Å². The lowest BCUT2D eigenvalue weighted by atomic mass is 9.76. The summed E-state index contributed by atoms with van der Waals surface area (Å²) in [6, 6.07) is 0.479. The van der Waals surface area contributed by atoms with E-state index in [0.29, 0.717) is 68.7 Å². The second kappa shape index (κ2) is 8.99. The second-order valence-electron chi connectivity index (χ2n) is 10.6. The van der Waals surface area contributed by atoms with E-state index >= 15 is 0 Å². The first-order valence-corrected chi connectivity index (χ1v) is 12.7. The van der Waals surface area contributed by atoms with Crippen LogP contribution in [0.25, 0.3) is 0 Å². The first kappa shape index (κ1) is 21.1. The smallest absolute Gasteiger partial charge is 0.320 e. The molecule has 4 saturated heterocycles. The van der Waals surface area contributed by atoms with Gasteiger partial charge in [-0.1, -0.05) is 19.3 Å². The maximum absolute atomic E-state index is 13.3. The Morgan fingerprint density at radius 1 is 0.806 bits per heavy atom. The molecule has 5 rings (SSSR count). The van der Waals surface area contributed by atoms with Crippen LogP contribution in [0.1, 0.15) is 64.2 Å². The number of rotatable bonds is 2. The molecule has 4 heterocycles. The maximum atomic E-state index is 13.3. The summed E-state index contributed by atoms with van der Waals surface area (Å²) in [4.78, 5) is 46.4. The molecular weight excluding hydrogens is 392 g/mol. The third-order valence-corrected chi connectivity index (χ3v) is 8.54. The van der Waals surface area contributed by atoms with Crippen LogP contribution in [0.15, 0.2) is 0 Å². The molecule has 0 aromatic heterocycles. The Morgan fingerprint density at radius 2 is 1.55 bits per heavy atom. The number of amides is 4. The highest BCUT2D eigenvalue weighted by atomic mass is 16.2. The minimum absolute atomic E-state index is 0.143. The van der Waals surface area contributed by atoms with Crippen molar-refractivity contribution in [2.45, 2.75) is 70.3 Å². The van der Waals surface area contributed by atoms with Gasteiger partial charge in [0.15, 0.2) is 0 Å². The van der Waals surface area contributed by atoms with Crippen LogP contribution < -0.4 is 0 Å². The van der Waals surface area contributed by atoms with Crippen molar-refractivity contribution in [2.24, 2.45) is 17.8 Å². The fraction of sp³-hybridized carbons (Fsp3) is 0.875. The first-order valence-electron chi connectivity index (χ1n) is 12.7. The normalized spacial score (nSPS) is 32.1. The van der Waals surface area contributed by atoms with E-state index in [1.165, 1.54) is 32.1 Å². The molecule has 7 nitrogen and oxygen atoms in total. The first-order chi connectivity index (χ1) is 15.1. The van der Waals surface area contributed by atoms with E-state index in [2.05, 4.69) is 9.80 Å². The van der Waals surface area contributed by atoms with Crippen molar-refractivity contribution in [3.63, 3.8) is 0 Å². The zero-order chi connectivity index (χ0) is 21.4. The molecule has 7 heteroatoms. The third-order valence-electron chi connectivity index (χ3n) is 8.54. The van der Waals surface area contributed by atoms with Gasteiger partial charge in [-0.25, -0.2) is 4.79 Å². The third kappa shape index (κ3) is 4.42. The maximum Gasteiger partial charge on any atom is 0.320 e. The fourth-order valence-corrected chi connectivity index (χ4v) is 6.88. The summed E-state index contributed by atoms with van der Waals surface area (Å²) in [6.45, 7) is 5.01. The van der Waals surface area contributed by atoms with E-state index in [0.717, 1.165) is 38.9 Å². The van der Waals surface area contributed by atoms with Gasteiger partial charge in [-0.3, -0.25) is 9.59 Å². The molecule has 0 spiro atoms. The summed E-state index contributed by atoms with van der Waals surface area (Å²) >= 11 is 0. The molecule has 31 heavy (non-hydrogen) atoms. The lowest BCUT2D eigenvalue weighted by molar-refractivity contribution is -0.144. The monoisotopic (exact) mass is 430 g/mol. The van der Waals surface area contributed by atoms with Crippen LogP contribution in [0.2, 0.25) is 0 Å². The van der Waals surface area contributed by atoms with Crippen LogP contribution in [0, 0.1) is 17.8 Å². The van der Waals surface area contributed by atoms with Gasteiger partial charge in [0, 0.05) is 64.7 Å². The van der Waals surface area contributed by atoms with Crippen molar-refractivity contribution in [3.8, 4) is 0 Å². The van der Waals surface area contributed by atoms with Gasteiger partial charge >= 0.3 is 6.03 Å².